The lowest BCUT2D eigenvalue weighted by Gasteiger charge is -2.32. The summed E-state index contributed by atoms with van der Waals surface area (Å²) in [4.78, 5) is 10.7. The van der Waals surface area contributed by atoms with Crippen LogP contribution in [0.1, 0.15) is 36.3 Å². The van der Waals surface area contributed by atoms with Crippen molar-refractivity contribution in [1.29, 1.82) is 0 Å². The SMILES string of the molecule is Cc1nc(N2CCC(N3CCCCC3)C2)sc1CO. The Kier molecular flexibility index (Phi) is 4.05. The third kappa shape index (κ3) is 2.78. The fraction of sp³-hybridized carbons (Fsp3) is 0.786. The number of aliphatic hydroxyl groups excluding tert-OH is 1. The van der Waals surface area contributed by atoms with Gasteiger partial charge >= 0.3 is 0 Å². The van der Waals surface area contributed by atoms with Crippen LogP contribution in [0.5, 0.6) is 0 Å². The van der Waals surface area contributed by atoms with Crippen molar-refractivity contribution in [3.8, 4) is 0 Å². The first-order chi connectivity index (χ1) is 9.28. The second-order valence-electron chi connectivity index (χ2n) is 5.65. The van der Waals surface area contributed by atoms with E-state index in [0.29, 0.717) is 6.04 Å². The number of aliphatic hydroxyl groups is 1. The van der Waals surface area contributed by atoms with Crippen LogP contribution < -0.4 is 4.90 Å². The average Bonchev–Trinajstić information content (AvgIpc) is 3.06. The quantitative estimate of drug-likeness (QED) is 0.920. The van der Waals surface area contributed by atoms with Gasteiger partial charge in [0.05, 0.1) is 17.2 Å². The van der Waals surface area contributed by atoms with Gasteiger partial charge in [0.1, 0.15) is 0 Å². The first-order valence-corrected chi connectivity index (χ1v) is 8.15. The zero-order valence-electron chi connectivity index (χ0n) is 11.6. The molecule has 0 aliphatic carbocycles. The minimum Gasteiger partial charge on any atom is -0.391 e. The maximum atomic E-state index is 9.27. The van der Waals surface area contributed by atoms with Gasteiger partial charge in [0.2, 0.25) is 0 Å². The number of anilines is 1. The van der Waals surface area contributed by atoms with Crippen molar-refractivity contribution in [2.75, 3.05) is 31.1 Å². The Bertz CT molecular complexity index is 428. The normalized spacial score (nSPS) is 25.2. The summed E-state index contributed by atoms with van der Waals surface area (Å²) in [5.74, 6) is 0. The van der Waals surface area contributed by atoms with E-state index in [9.17, 15) is 5.11 Å². The molecule has 3 heterocycles. The number of hydrogen-bond donors (Lipinski definition) is 1. The average molecular weight is 281 g/mol. The Balaban J connectivity index is 1.64. The summed E-state index contributed by atoms with van der Waals surface area (Å²) >= 11 is 1.65. The van der Waals surface area contributed by atoms with Crippen molar-refractivity contribution < 1.29 is 5.11 Å². The van der Waals surface area contributed by atoms with Gasteiger partial charge in [-0.1, -0.05) is 17.8 Å². The summed E-state index contributed by atoms with van der Waals surface area (Å²) in [6.45, 7) is 6.88. The summed E-state index contributed by atoms with van der Waals surface area (Å²) in [6, 6.07) is 0.710. The lowest BCUT2D eigenvalue weighted by Crippen LogP contribution is -2.40. The molecule has 2 saturated heterocycles. The lowest BCUT2D eigenvalue weighted by molar-refractivity contribution is 0.175. The van der Waals surface area contributed by atoms with Gasteiger partial charge in [-0.3, -0.25) is 4.90 Å². The van der Waals surface area contributed by atoms with Crippen molar-refractivity contribution in [2.24, 2.45) is 0 Å². The van der Waals surface area contributed by atoms with Crippen molar-refractivity contribution in [1.82, 2.24) is 9.88 Å². The van der Waals surface area contributed by atoms with Crippen molar-refractivity contribution in [3.05, 3.63) is 10.6 Å². The topological polar surface area (TPSA) is 39.6 Å². The minimum atomic E-state index is 0.118. The highest BCUT2D eigenvalue weighted by atomic mass is 32.1. The summed E-state index contributed by atoms with van der Waals surface area (Å²) < 4.78 is 0. The van der Waals surface area contributed by atoms with Crippen LogP contribution in [-0.2, 0) is 6.61 Å². The van der Waals surface area contributed by atoms with E-state index in [-0.39, 0.29) is 6.61 Å². The summed E-state index contributed by atoms with van der Waals surface area (Å²) in [5, 5.41) is 10.4. The van der Waals surface area contributed by atoms with E-state index in [1.165, 1.54) is 38.8 Å². The molecule has 2 aliphatic heterocycles. The van der Waals surface area contributed by atoms with Gasteiger partial charge in [0, 0.05) is 19.1 Å². The Morgan fingerprint density at radius 3 is 2.74 bits per heavy atom. The van der Waals surface area contributed by atoms with Crippen LogP contribution in [0.3, 0.4) is 0 Å². The molecule has 19 heavy (non-hydrogen) atoms. The highest BCUT2D eigenvalue weighted by Gasteiger charge is 2.30. The number of aromatic nitrogens is 1. The zero-order chi connectivity index (χ0) is 13.2. The number of hydrogen-bond acceptors (Lipinski definition) is 5. The molecule has 0 saturated carbocycles. The van der Waals surface area contributed by atoms with Gasteiger partial charge in [-0.15, -0.1) is 0 Å². The fourth-order valence-corrected chi connectivity index (χ4v) is 4.15. The number of nitrogens with zero attached hydrogens (tertiary/aromatic N) is 3. The molecule has 2 aliphatic rings. The molecule has 106 valence electrons. The second kappa shape index (κ2) is 5.77. The zero-order valence-corrected chi connectivity index (χ0v) is 12.5. The van der Waals surface area contributed by atoms with E-state index in [2.05, 4.69) is 14.8 Å². The molecular weight excluding hydrogens is 258 g/mol. The summed E-state index contributed by atoms with van der Waals surface area (Å²) in [7, 11) is 0. The fourth-order valence-electron chi connectivity index (χ4n) is 3.19. The van der Waals surface area contributed by atoms with Crippen LogP contribution in [0.15, 0.2) is 0 Å². The smallest absolute Gasteiger partial charge is 0.185 e. The summed E-state index contributed by atoms with van der Waals surface area (Å²) in [5.41, 5.74) is 0.990. The van der Waals surface area contributed by atoms with E-state index in [1.54, 1.807) is 11.3 Å². The first kappa shape index (κ1) is 13.3. The Morgan fingerprint density at radius 2 is 2.05 bits per heavy atom. The molecule has 0 bridgehead atoms. The molecule has 1 aromatic rings. The third-order valence-corrected chi connectivity index (χ3v) is 5.57. The molecule has 4 nitrogen and oxygen atoms in total. The molecular formula is C14H23N3OS. The van der Waals surface area contributed by atoms with Crippen LogP contribution in [0, 0.1) is 6.92 Å². The number of likely N-dealkylation sites (tertiary alicyclic amines) is 1. The van der Waals surface area contributed by atoms with E-state index in [4.69, 9.17) is 0 Å². The van der Waals surface area contributed by atoms with Crippen LogP contribution >= 0.6 is 11.3 Å². The molecule has 2 fully saturated rings. The molecule has 0 amide bonds. The Labute approximate surface area is 119 Å². The van der Waals surface area contributed by atoms with Gasteiger partial charge in [-0.25, -0.2) is 4.98 Å². The number of aryl methyl sites for hydroxylation is 1. The standard InChI is InChI=1S/C14H23N3OS/c1-11-13(10-18)19-14(15-11)17-8-5-12(9-17)16-6-3-2-4-7-16/h12,18H,2-10H2,1H3. The van der Waals surface area contributed by atoms with E-state index >= 15 is 0 Å². The number of rotatable bonds is 3. The highest BCUT2D eigenvalue weighted by molar-refractivity contribution is 7.15. The molecule has 0 radical (unpaired) electrons. The highest BCUT2D eigenvalue weighted by Crippen LogP contribution is 2.30. The van der Waals surface area contributed by atoms with Gasteiger partial charge < -0.3 is 10.0 Å². The Morgan fingerprint density at radius 1 is 1.26 bits per heavy atom. The number of piperidine rings is 1. The van der Waals surface area contributed by atoms with E-state index < -0.39 is 0 Å². The van der Waals surface area contributed by atoms with Crippen LogP contribution in [0.4, 0.5) is 5.13 Å². The van der Waals surface area contributed by atoms with Gasteiger partial charge in [-0.05, 0) is 39.3 Å². The van der Waals surface area contributed by atoms with Crippen LogP contribution in [0.2, 0.25) is 0 Å². The van der Waals surface area contributed by atoms with Crippen molar-refractivity contribution >= 4 is 16.5 Å². The Hall–Kier alpha value is -0.650. The maximum absolute atomic E-state index is 9.27. The van der Waals surface area contributed by atoms with Gasteiger partial charge in [0.15, 0.2) is 5.13 Å². The molecule has 1 N–H and O–H groups in total. The van der Waals surface area contributed by atoms with Crippen molar-refractivity contribution in [3.63, 3.8) is 0 Å². The summed E-state index contributed by atoms with van der Waals surface area (Å²) in [6.07, 6.45) is 5.38. The molecule has 3 rings (SSSR count). The molecule has 5 heteroatoms. The van der Waals surface area contributed by atoms with E-state index in [1.807, 2.05) is 6.92 Å². The molecule has 0 aromatic carbocycles. The van der Waals surface area contributed by atoms with Gasteiger partial charge in [-0.2, -0.15) is 0 Å². The van der Waals surface area contributed by atoms with Crippen LogP contribution in [-0.4, -0.2) is 47.2 Å². The van der Waals surface area contributed by atoms with Gasteiger partial charge in [0.25, 0.3) is 0 Å². The van der Waals surface area contributed by atoms with E-state index in [0.717, 1.165) is 28.8 Å². The molecule has 1 unspecified atom stereocenters. The molecule has 1 atom stereocenters. The lowest BCUT2D eigenvalue weighted by atomic mass is 10.1. The second-order valence-corrected chi connectivity index (χ2v) is 6.71. The monoisotopic (exact) mass is 281 g/mol. The maximum Gasteiger partial charge on any atom is 0.185 e. The predicted octanol–water partition coefficient (Wildman–Crippen LogP) is 2.01. The molecule has 1 aromatic heterocycles. The number of thiazole rings is 1. The largest absolute Gasteiger partial charge is 0.391 e. The minimum absolute atomic E-state index is 0.118. The van der Waals surface area contributed by atoms with Crippen LogP contribution in [0.25, 0.3) is 0 Å². The predicted molar refractivity (Wildman–Crippen MR) is 78.8 cm³/mol. The van der Waals surface area contributed by atoms with Crippen molar-refractivity contribution in [2.45, 2.75) is 45.3 Å². The molecule has 0 spiro atoms. The first-order valence-electron chi connectivity index (χ1n) is 7.34. The third-order valence-electron chi connectivity index (χ3n) is 4.37.